The molecule has 1 N–H and O–H groups in total. The Labute approximate surface area is 199 Å². The highest BCUT2D eigenvalue weighted by atomic mass is 19.1. The molecule has 3 aromatic rings. The third-order valence-electron chi connectivity index (χ3n) is 6.24. The molecule has 0 radical (unpaired) electrons. The van der Waals surface area contributed by atoms with Gasteiger partial charge in [-0.25, -0.2) is 9.82 Å². The van der Waals surface area contributed by atoms with Gasteiger partial charge in [-0.15, -0.1) is 0 Å². The first-order chi connectivity index (χ1) is 16.5. The molecule has 1 aliphatic rings. The van der Waals surface area contributed by atoms with Crippen molar-refractivity contribution < 1.29 is 13.9 Å². The van der Waals surface area contributed by atoms with Crippen LogP contribution >= 0.6 is 0 Å². The number of nitrogens with zero attached hydrogens (tertiary/aromatic N) is 2. The number of ether oxygens (including phenoxy) is 1. The predicted molar refractivity (Wildman–Crippen MR) is 134 cm³/mol. The summed E-state index contributed by atoms with van der Waals surface area (Å²) in [6.45, 7) is 5.12. The smallest absolute Gasteiger partial charge is 0.271 e. The number of carbonyl (C=O) groups excluding carboxylic acids is 1. The Morgan fingerprint density at radius 3 is 2.53 bits per heavy atom. The first-order valence-corrected chi connectivity index (χ1v) is 11.3. The maximum absolute atomic E-state index is 13.1. The average molecular weight is 458 g/mol. The lowest BCUT2D eigenvalue weighted by Crippen LogP contribution is -2.30. The van der Waals surface area contributed by atoms with Gasteiger partial charge in [-0.3, -0.25) is 4.79 Å². The van der Waals surface area contributed by atoms with E-state index in [1.54, 1.807) is 13.3 Å². The molecule has 1 aliphatic heterocycles. The number of nitrogens with one attached hydrogen (secondary N) is 1. The number of halogens is 1. The van der Waals surface area contributed by atoms with Crippen molar-refractivity contribution in [3.8, 4) is 5.75 Å². The summed E-state index contributed by atoms with van der Waals surface area (Å²) in [7, 11) is 1.68. The minimum atomic E-state index is -0.395. The molecule has 0 saturated heterocycles. The summed E-state index contributed by atoms with van der Waals surface area (Å²) in [5.41, 5.74) is 7.17. The number of anilines is 1. The Kier molecular flexibility index (Phi) is 6.77. The normalized spacial score (nSPS) is 18.4. The van der Waals surface area contributed by atoms with Gasteiger partial charge < -0.3 is 9.64 Å². The van der Waals surface area contributed by atoms with Crippen LogP contribution < -0.4 is 15.1 Å². The van der Waals surface area contributed by atoms with Gasteiger partial charge in [0.15, 0.2) is 0 Å². The van der Waals surface area contributed by atoms with E-state index in [4.69, 9.17) is 4.74 Å². The number of rotatable bonds is 7. The molecule has 0 bridgehead atoms. The lowest BCUT2D eigenvalue weighted by atomic mass is 9.76. The van der Waals surface area contributed by atoms with Gasteiger partial charge in [-0.05, 0) is 79.9 Å². The number of hydrogen-bond acceptors (Lipinski definition) is 4. The first kappa shape index (κ1) is 23.2. The molecule has 4 rings (SSSR count). The summed E-state index contributed by atoms with van der Waals surface area (Å²) in [5, 5.41) is 4.13. The maximum atomic E-state index is 13.1. The summed E-state index contributed by atoms with van der Waals surface area (Å²) < 4.78 is 18.6. The number of carbonyl (C=O) groups is 1. The third-order valence-corrected chi connectivity index (χ3v) is 6.24. The fourth-order valence-corrected chi connectivity index (χ4v) is 4.56. The Hall–Kier alpha value is -3.93. The topological polar surface area (TPSA) is 53.9 Å². The number of amides is 1. The second-order valence-corrected chi connectivity index (χ2v) is 8.40. The van der Waals surface area contributed by atoms with E-state index < -0.39 is 5.91 Å². The van der Waals surface area contributed by atoms with E-state index >= 15 is 0 Å². The monoisotopic (exact) mass is 457 g/mol. The highest BCUT2D eigenvalue weighted by Gasteiger charge is 2.43. The summed E-state index contributed by atoms with van der Waals surface area (Å²) in [6.07, 6.45) is 4.35. The van der Waals surface area contributed by atoms with E-state index in [-0.39, 0.29) is 11.2 Å². The number of hydrazone groups is 1. The molecule has 0 spiro atoms. The molecule has 0 saturated carbocycles. The van der Waals surface area contributed by atoms with Crippen LogP contribution in [-0.2, 0) is 11.8 Å². The molecular formula is C28H28FN3O2. The molecule has 5 nitrogen and oxygen atoms in total. The van der Waals surface area contributed by atoms with Gasteiger partial charge >= 0.3 is 0 Å². The van der Waals surface area contributed by atoms with Crippen LogP contribution in [0.25, 0.3) is 0 Å². The molecule has 34 heavy (non-hydrogen) atoms. The van der Waals surface area contributed by atoms with E-state index in [2.05, 4.69) is 53.5 Å². The van der Waals surface area contributed by atoms with Crippen LogP contribution in [0.3, 0.4) is 0 Å². The van der Waals surface area contributed by atoms with Crippen molar-refractivity contribution in [2.24, 2.45) is 5.10 Å². The van der Waals surface area contributed by atoms with Crippen molar-refractivity contribution in [2.45, 2.75) is 25.7 Å². The Morgan fingerprint density at radius 1 is 1.12 bits per heavy atom. The number of likely N-dealkylation sites (N-methyl/N-ethyl adjacent to an activating group) is 1. The van der Waals surface area contributed by atoms with Crippen LogP contribution in [-0.4, -0.2) is 25.8 Å². The number of fused-ring (bicyclic) bond motifs is 1. The Balaban J connectivity index is 1.66. The molecule has 0 aromatic heterocycles. The van der Waals surface area contributed by atoms with Gasteiger partial charge in [0.2, 0.25) is 0 Å². The van der Waals surface area contributed by atoms with Gasteiger partial charge in [-0.1, -0.05) is 30.3 Å². The first-order valence-electron chi connectivity index (χ1n) is 11.3. The second-order valence-electron chi connectivity index (χ2n) is 8.40. The van der Waals surface area contributed by atoms with Crippen LogP contribution in [0, 0.1) is 5.82 Å². The molecule has 1 amide bonds. The maximum Gasteiger partial charge on any atom is 0.271 e. The zero-order valence-electron chi connectivity index (χ0n) is 19.6. The predicted octanol–water partition coefficient (Wildman–Crippen LogP) is 5.47. The van der Waals surface area contributed by atoms with Crippen molar-refractivity contribution in [2.75, 3.05) is 18.6 Å². The van der Waals surface area contributed by atoms with Crippen molar-refractivity contribution >= 4 is 17.8 Å². The minimum absolute atomic E-state index is 0.325. The SMILES string of the molecule is CCN1/C(=C\C=N\NC(=O)c2ccc(F)cc2)C(C)(Cc2ccccc2)c2cc(OC)ccc21. The molecule has 1 heterocycles. The van der Waals surface area contributed by atoms with E-state index in [1.165, 1.54) is 35.4 Å². The van der Waals surface area contributed by atoms with E-state index in [9.17, 15) is 9.18 Å². The largest absolute Gasteiger partial charge is 0.497 e. The highest BCUT2D eigenvalue weighted by Crippen LogP contribution is 2.50. The van der Waals surface area contributed by atoms with E-state index in [0.717, 1.165) is 30.1 Å². The molecule has 3 aromatic carbocycles. The van der Waals surface area contributed by atoms with Crippen molar-refractivity contribution in [3.05, 3.63) is 107 Å². The Bertz CT molecular complexity index is 1220. The van der Waals surface area contributed by atoms with Gasteiger partial charge in [0, 0.05) is 35.1 Å². The molecule has 174 valence electrons. The quantitative estimate of drug-likeness (QED) is 0.378. The average Bonchev–Trinajstić information content (AvgIpc) is 3.09. The van der Waals surface area contributed by atoms with Crippen molar-refractivity contribution in [1.82, 2.24) is 5.43 Å². The van der Waals surface area contributed by atoms with Gasteiger partial charge in [-0.2, -0.15) is 5.10 Å². The third kappa shape index (κ3) is 4.57. The van der Waals surface area contributed by atoms with Crippen LogP contribution in [0.5, 0.6) is 5.75 Å². The lowest BCUT2D eigenvalue weighted by Gasteiger charge is -2.30. The molecule has 0 aliphatic carbocycles. The molecule has 6 heteroatoms. The molecular weight excluding hydrogens is 429 g/mol. The van der Waals surface area contributed by atoms with Crippen molar-refractivity contribution in [3.63, 3.8) is 0 Å². The standard InChI is InChI=1S/C28H28FN3O2/c1-4-32-25-15-14-23(34-3)18-24(25)28(2,19-20-8-6-5-7-9-20)26(32)16-17-30-31-27(33)21-10-12-22(29)13-11-21/h5-18H,4,19H2,1-3H3,(H,31,33)/b26-16-,30-17+. The van der Waals surface area contributed by atoms with E-state index in [1.807, 2.05) is 30.3 Å². The molecule has 0 fully saturated rings. The van der Waals surface area contributed by atoms with Gasteiger partial charge in [0.1, 0.15) is 11.6 Å². The summed E-state index contributed by atoms with van der Waals surface area (Å²) in [4.78, 5) is 14.6. The van der Waals surface area contributed by atoms with Crippen LogP contribution in [0.2, 0.25) is 0 Å². The Morgan fingerprint density at radius 2 is 1.85 bits per heavy atom. The van der Waals surface area contributed by atoms with Crippen molar-refractivity contribution in [1.29, 1.82) is 0 Å². The number of benzene rings is 3. The van der Waals surface area contributed by atoms with Crippen LogP contribution in [0.1, 0.15) is 35.3 Å². The highest BCUT2D eigenvalue weighted by molar-refractivity contribution is 5.94. The van der Waals surface area contributed by atoms with E-state index in [0.29, 0.717) is 5.56 Å². The lowest BCUT2D eigenvalue weighted by molar-refractivity contribution is 0.0955. The zero-order valence-corrected chi connectivity index (χ0v) is 19.6. The number of hydrogen-bond donors (Lipinski definition) is 1. The number of allylic oxidation sites excluding steroid dienone is 2. The van der Waals surface area contributed by atoms with Gasteiger partial charge in [0.25, 0.3) is 5.91 Å². The fourth-order valence-electron chi connectivity index (χ4n) is 4.56. The summed E-state index contributed by atoms with van der Waals surface area (Å²) in [5.74, 6) is 0.0311. The van der Waals surface area contributed by atoms with Gasteiger partial charge in [0.05, 0.1) is 7.11 Å². The summed E-state index contributed by atoms with van der Waals surface area (Å²) in [6, 6.07) is 21.9. The molecule has 1 atom stereocenters. The fraction of sp³-hybridized carbons (Fsp3) is 0.214. The number of methoxy groups -OCH3 is 1. The van der Waals surface area contributed by atoms with Crippen LogP contribution in [0.15, 0.2) is 89.7 Å². The minimum Gasteiger partial charge on any atom is -0.497 e. The van der Waals surface area contributed by atoms with Crippen LogP contribution in [0.4, 0.5) is 10.1 Å². The molecule has 1 unspecified atom stereocenters. The second kappa shape index (κ2) is 9.91. The summed E-state index contributed by atoms with van der Waals surface area (Å²) >= 11 is 0. The zero-order chi connectivity index (χ0) is 24.1.